The minimum atomic E-state index is -2.05. The van der Waals surface area contributed by atoms with Gasteiger partial charge in [-0.2, -0.15) is 0 Å². The second kappa shape index (κ2) is 18.4. The highest BCUT2D eigenvalue weighted by atomic mass is 16.8. The molecule has 6 N–H and O–H groups in total. The number of amides is 1. The fourth-order valence-electron chi connectivity index (χ4n) is 9.33. The zero-order valence-electron chi connectivity index (χ0n) is 36.3. The number of rotatable bonds is 11. The number of aliphatic carboxylic acids is 1. The van der Waals surface area contributed by atoms with Gasteiger partial charge in [0.25, 0.3) is 5.69 Å². The molecule has 5 aliphatic heterocycles. The van der Waals surface area contributed by atoms with Gasteiger partial charge in [-0.25, -0.2) is 9.59 Å². The van der Waals surface area contributed by atoms with Crippen molar-refractivity contribution < 1.29 is 107 Å². The number of esters is 1. The van der Waals surface area contributed by atoms with Crippen molar-refractivity contribution in [3.63, 3.8) is 0 Å². The Kier molecular flexibility index (Phi) is 12.7. The van der Waals surface area contributed by atoms with E-state index < -0.39 is 120 Å². The van der Waals surface area contributed by atoms with E-state index in [4.69, 9.17) is 56.8 Å². The van der Waals surface area contributed by atoms with E-state index in [1.807, 2.05) is 0 Å². The number of aliphatic hydroxyl groups is 5. The zero-order chi connectivity index (χ0) is 48.5. The molecule has 0 bridgehead atoms. The number of hydrogen-bond donors (Lipinski definition) is 6. The number of nitro benzene ring substituents is 1. The van der Waals surface area contributed by atoms with E-state index in [9.17, 15) is 55.1 Å². The summed E-state index contributed by atoms with van der Waals surface area (Å²) in [5, 5.41) is 74.8. The van der Waals surface area contributed by atoms with Crippen molar-refractivity contribution in [1.82, 2.24) is 0 Å². The number of methoxy groups -OCH3 is 2. The SMILES string of the molecule is COc1cc([C@@H]2c3cc4c(cc3C(O[C@@H]3OC5COC(C)O[C@@H]5C(O)[C@H]3O)[C@H]3COC(=O)[C@H]23)OCO4)cc(OC)c1OC(=O)N(C)c1cc([N+](=O)[O-])ccc1O[C@@H]1OC(C(=O)O)[C@H](O)C(O)[C@H]1O. The fraction of sp³-hybridized carbons (Fsp3) is 0.512. The number of aliphatic hydroxyl groups excluding tert-OH is 5. The molecule has 4 saturated heterocycles. The molecule has 0 radical (unpaired) electrons. The van der Waals surface area contributed by atoms with Crippen LogP contribution in [0.5, 0.6) is 34.5 Å². The number of benzene rings is 3. The molecule has 1 amide bonds. The van der Waals surface area contributed by atoms with Crippen LogP contribution in [-0.2, 0) is 38.0 Å². The standard InChI is InChI=1S/C43H46N2O23/c1-15-59-13-27-37(63-15)32(48)34(50)42(65-27)66-35-19-11-24-23(61-14-62-24)10-18(19)28(29-20(35)12-60-40(29)53)16-7-25(57-3)36(26(8-16)58-4)68-43(54)44(2)21-9-17(45(55)56)5-6-22(21)64-41-33(49)30(46)31(47)38(67-41)39(51)52/h5-11,15,20,27-35,37-38,41-42,46-50H,12-14H2,1-4H3,(H,51,52)/t15?,20-,27?,28+,29-,30?,31+,32?,33+,34+,35?,37-,38?,41+,42-/m0/s1. The number of ether oxygens (including phenoxy) is 12. The molecule has 6 unspecified atom stereocenters. The van der Waals surface area contributed by atoms with Crippen molar-refractivity contribution in [3.8, 4) is 34.5 Å². The molecular formula is C43H46N2O23. The van der Waals surface area contributed by atoms with Crippen LogP contribution in [0.2, 0.25) is 0 Å². The molecule has 9 rings (SSSR count). The quantitative estimate of drug-likeness (QED) is 0.0863. The molecule has 68 heavy (non-hydrogen) atoms. The number of anilines is 1. The summed E-state index contributed by atoms with van der Waals surface area (Å²) in [4.78, 5) is 51.5. The van der Waals surface area contributed by atoms with Crippen molar-refractivity contribution in [1.29, 1.82) is 0 Å². The minimum absolute atomic E-state index is 0.0518. The number of cyclic esters (lactones) is 1. The number of nitro groups is 1. The van der Waals surface area contributed by atoms with Crippen LogP contribution in [0.4, 0.5) is 16.2 Å². The molecule has 6 aliphatic rings. The number of non-ortho nitro benzene ring substituents is 1. The molecule has 0 aromatic heterocycles. The smallest absolute Gasteiger partial charge is 0.419 e. The maximum Gasteiger partial charge on any atom is 0.419 e. The van der Waals surface area contributed by atoms with Gasteiger partial charge in [-0.1, -0.05) is 0 Å². The van der Waals surface area contributed by atoms with Gasteiger partial charge in [-0.15, -0.1) is 0 Å². The third-order valence-corrected chi connectivity index (χ3v) is 12.8. The van der Waals surface area contributed by atoms with Crippen LogP contribution in [0.1, 0.15) is 35.6 Å². The maximum atomic E-state index is 14.0. The van der Waals surface area contributed by atoms with Crippen molar-refractivity contribution in [2.24, 2.45) is 11.8 Å². The Morgan fingerprint density at radius 3 is 2.15 bits per heavy atom. The van der Waals surface area contributed by atoms with Crippen LogP contribution in [-0.4, -0.2) is 163 Å². The van der Waals surface area contributed by atoms with E-state index in [0.717, 1.165) is 30.1 Å². The summed E-state index contributed by atoms with van der Waals surface area (Å²) >= 11 is 0. The molecule has 25 nitrogen and oxygen atoms in total. The van der Waals surface area contributed by atoms with Gasteiger partial charge in [-0.05, 0) is 53.9 Å². The van der Waals surface area contributed by atoms with Crippen LogP contribution in [0.3, 0.4) is 0 Å². The average molecular weight is 959 g/mol. The maximum absolute atomic E-state index is 14.0. The number of carbonyl (C=O) groups excluding carboxylic acids is 2. The first-order valence-corrected chi connectivity index (χ1v) is 21.1. The Morgan fingerprint density at radius 1 is 0.809 bits per heavy atom. The van der Waals surface area contributed by atoms with E-state index in [2.05, 4.69) is 0 Å². The van der Waals surface area contributed by atoms with Crippen molar-refractivity contribution in [3.05, 3.63) is 69.3 Å². The average Bonchev–Trinajstić information content (AvgIpc) is 3.95. The lowest BCUT2D eigenvalue weighted by atomic mass is 9.66. The van der Waals surface area contributed by atoms with E-state index >= 15 is 0 Å². The summed E-state index contributed by atoms with van der Waals surface area (Å²) in [5.41, 5.74) is 0.550. The fourth-order valence-corrected chi connectivity index (χ4v) is 9.33. The number of carbonyl (C=O) groups is 3. The van der Waals surface area contributed by atoms with Gasteiger partial charge in [0, 0.05) is 31.0 Å². The molecule has 4 fully saturated rings. The third-order valence-electron chi connectivity index (χ3n) is 12.8. The highest BCUT2D eigenvalue weighted by Crippen LogP contribution is 2.57. The molecule has 3 aromatic rings. The van der Waals surface area contributed by atoms with Gasteiger partial charge in [0.15, 0.2) is 41.7 Å². The number of carboxylic acids is 1. The van der Waals surface area contributed by atoms with E-state index in [1.54, 1.807) is 19.1 Å². The summed E-state index contributed by atoms with van der Waals surface area (Å²) in [7, 11) is 3.70. The van der Waals surface area contributed by atoms with Crippen LogP contribution in [0.15, 0.2) is 42.5 Å². The van der Waals surface area contributed by atoms with Crippen molar-refractivity contribution >= 4 is 29.4 Å². The van der Waals surface area contributed by atoms with Gasteiger partial charge >= 0.3 is 18.0 Å². The summed E-state index contributed by atoms with van der Waals surface area (Å²) in [5.74, 6) is -4.91. The van der Waals surface area contributed by atoms with Crippen molar-refractivity contribution in [2.75, 3.05) is 46.2 Å². The van der Waals surface area contributed by atoms with Gasteiger partial charge in [0.05, 0.1) is 50.1 Å². The predicted molar refractivity (Wildman–Crippen MR) is 219 cm³/mol. The first kappa shape index (κ1) is 47.0. The molecule has 3 aromatic carbocycles. The van der Waals surface area contributed by atoms with Crippen molar-refractivity contribution in [2.45, 2.75) is 86.6 Å². The minimum Gasteiger partial charge on any atom is -0.493 e. The summed E-state index contributed by atoms with van der Waals surface area (Å²) in [6.07, 6.45) is -19.0. The van der Waals surface area contributed by atoms with E-state index in [-0.39, 0.29) is 48.7 Å². The van der Waals surface area contributed by atoms with Crippen LogP contribution < -0.4 is 33.3 Å². The van der Waals surface area contributed by atoms with Gasteiger partial charge in [-0.3, -0.25) is 19.8 Å². The van der Waals surface area contributed by atoms with E-state index in [1.165, 1.54) is 26.4 Å². The molecular weight excluding hydrogens is 912 g/mol. The summed E-state index contributed by atoms with van der Waals surface area (Å²) in [6, 6.07) is 9.34. The van der Waals surface area contributed by atoms with Crippen LogP contribution in [0.25, 0.3) is 0 Å². The Balaban J connectivity index is 1.04. The first-order chi connectivity index (χ1) is 32.5. The Labute approximate surface area is 384 Å². The molecule has 25 heteroatoms. The molecule has 15 atom stereocenters. The van der Waals surface area contributed by atoms with Gasteiger partial charge in [0.2, 0.25) is 18.8 Å². The van der Waals surface area contributed by atoms with Crippen LogP contribution in [0, 0.1) is 22.0 Å². The lowest BCUT2D eigenvalue weighted by Crippen LogP contribution is -2.63. The largest absolute Gasteiger partial charge is 0.493 e. The molecule has 0 saturated carbocycles. The highest BCUT2D eigenvalue weighted by Gasteiger charge is 2.56. The monoisotopic (exact) mass is 958 g/mol. The Morgan fingerprint density at radius 2 is 1.49 bits per heavy atom. The normalized spacial score (nSPS) is 33.5. The van der Waals surface area contributed by atoms with Gasteiger partial charge in [0.1, 0.15) is 48.5 Å². The second-order valence-electron chi connectivity index (χ2n) is 16.7. The Bertz CT molecular complexity index is 2440. The van der Waals surface area contributed by atoms with Gasteiger partial charge < -0.3 is 87.5 Å². The lowest BCUT2D eigenvalue weighted by Gasteiger charge is -2.47. The molecule has 0 spiro atoms. The topological polar surface area (TPSA) is 330 Å². The van der Waals surface area contributed by atoms with E-state index in [0.29, 0.717) is 28.2 Å². The first-order valence-electron chi connectivity index (χ1n) is 21.1. The third kappa shape index (κ3) is 8.22. The number of hydrogen-bond acceptors (Lipinski definition) is 22. The summed E-state index contributed by atoms with van der Waals surface area (Å²) in [6.45, 7) is 1.49. The predicted octanol–water partition coefficient (Wildman–Crippen LogP) is 0.447. The number of nitrogens with zero attached hydrogens (tertiary/aromatic N) is 2. The highest BCUT2D eigenvalue weighted by molar-refractivity contribution is 5.92. The molecule has 366 valence electrons. The Hall–Kier alpha value is -6.13. The zero-order valence-corrected chi connectivity index (χ0v) is 36.3. The lowest BCUT2D eigenvalue weighted by molar-refractivity contribution is -0.384. The molecule has 5 heterocycles. The second-order valence-corrected chi connectivity index (χ2v) is 16.7. The number of fused-ring (bicyclic) bond motifs is 4. The summed E-state index contributed by atoms with van der Waals surface area (Å²) < 4.78 is 69.3. The van der Waals surface area contributed by atoms with Crippen LogP contribution >= 0.6 is 0 Å². The molecule has 1 aliphatic carbocycles. The number of carboxylic acid groups (broad SMARTS) is 1.